The molecule has 5 bridgehead atoms. The third-order valence-electron chi connectivity index (χ3n) is 11.4. The van der Waals surface area contributed by atoms with Crippen molar-refractivity contribution in [3.05, 3.63) is 52.8 Å². The average molecular weight is 810 g/mol. The molecule has 0 saturated carbocycles. The first-order valence-corrected chi connectivity index (χ1v) is 19.3. The molecule has 2 aromatic rings. The summed E-state index contributed by atoms with van der Waals surface area (Å²) in [5.74, 6) is -8.44. The fourth-order valence-electron chi connectivity index (χ4n) is 7.68. The zero-order valence-electron chi connectivity index (χ0n) is 34.3. The van der Waals surface area contributed by atoms with Gasteiger partial charge in [-0.05, 0) is 19.9 Å². The quantitative estimate of drug-likeness (QED) is 0.109. The van der Waals surface area contributed by atoms with Gasteiger partial charge in [-0.3, -0.25) is 19.4 Å². The van der Waals surface area contributed by atoms with Gasteiger partial charge in [-0.2, -0.15) is 5.10 Å². The Kier molecular flexibility index (Phi) is 13.5. The lowest BCUT2D eigenvalue weighted by atomic mass is 9.78. The van der Waals surface area contributed by atoms with Gasteiger partial charge in [0.15, 0.2) is 5.75 Å². The molecule has 0 aromatic heterocycles. The number of aromatic hydroxyl groups is 3. The number of aliphatic hydroxyl groups excluding tert-OH is 2. The van der Waals surface area contributed by atoms with Gasteiger partial charge in [0, 0.05) is 61.2 Å². The molecule has 4 aliphatic heterocycles. The maximum absolute atomic E-state index is 14.4. The number of benzene rings is 2. The standard InChI is InChI=1S/C42H55N3O13/c1-20-11-10-12-21(2)41(53)44-32-27(19-43-45-14-17-55-18-15-45)36(50)29-30(37(32)51)35(49)25(6)39-31(29)40(52)42(8,58-39)56-16-13-28(54-9)22(3)38(57-26(7)46)24(5)34(48)23(4)33(20)47/h10-13,16,19-20,22-24,28,33-34,38,47-51H,14-15,17-18H2,1-9H3,(H,44,53)/b11-10+,16-13+,21-12-,43-19?/t20-,22-,23+,24-,28-,33-,34+,38+,42-/m0/s1. The molecule has 0 aliphatic carbocycles. The molecule has 1 saturated heterocycles. The molecule has 316 valence electrons. The number of phenols is 3. The van der Waals surface area contributed by atoms with Crippen molar-refractivity contribution < 1.29 is 63.6 Å². The first-order valence-electron chi connectivity index (χ1n) is 19.3. The van der Waals surface area contributed by atoms with Crippen LogP contribution in [0.1, 0.15) is 70.0 Å². The number of carbonyl (C=O) groups excluding carboxylic acids is 3. The molecule has 4 aliphatic rings. The van der Waals surface area contributed by atoms with E-state index in [2.05, 4.69) is 10.4 Å². The second kappa shape index (κ2) is 17.8. The SMILES string of the molecule is CO[C@H]1/C=C/O[C@@]2(C)Oc3c(C)c(O)c4c(O)c(c(C=NN5CCOCC5)c(O)c4c3C2=O)NC(=O)/C(C)=C\C=C\[C@H](C)[C@H](O)[C@@H](C)[C@@H](O)[C@H](C)[C@H](OC(C)=O)[C@H]1C. The minimum atomic E-state index is -2.05. The number of hydrogen-bond donors (Lipinski definition) is 6. The van der Waals surface area contributed by atoms with Crippen molar-refractivity contribution in [3.63, 3.8) is 0 Å². The number of aliphatic hydroxyl groups is 2. The third-order valence-corrected chi connectivity index (χ3v) is 11.4. The number of nitrogens with one attached hydrogen (secondary N) is 1. The van der Waals surface area contributed by atoms with Crippen LogP contribution in [0.2, 0.25) is 0 Å². The predicted molar refractivity (Wildman–Crippen MR) is 214 cm³/mol. The van der Waals surface area contributed by atoms with Crippen LogP contribution >= 0.6 is 0 Å². The number of Topliss-reactive ketones (excluding diaryl/α,β-unsaturated/α-hetero) is 1. The van der Waals surface area contributed by atoms with Crippen molar-refractivity contribution in [2.24, 2.45) is 28.8 Å². The lowest BCUT2D eigenvalue weighted by molar-refractivity contribution is -0.160. The second-order valence-corrected chi connectivity index (χ2v) is 15.4. The van der Waals surface area contributed by atoms with Crippen molar-refractivity contribution >= 4 is 40.3 Å². The number of hydrazone groups is 1. The van der Waals surface area contributed by atoms with Gasteiger partial charge in [-0.15, -0.1) is 0 Å². The fraction of sp³-hybridized carbons (Fsp3) is 0.524. The van der Waals surface area contributed by atoms with Gasteiger partial charge in [-0.25, -0.2) is 0 Å². The van der Waals surface area contributed by atoms with Crippen molar-refractivity contribution in [3.8, 4) is 23.0 Å². The van der Waals surface area contributed by atoms with Crippen LogP contribution in [0.15, 0.2) is 41.2 Å². The van der Waals surface area contributed by atoms with Crippen LogP contribution in [0.25, 0.3) is 10.8 Å². The number of esters is 1. The van der Waals surface area contributed by atoms with E-state index in [0.717, 1.165) is 0 Å². The summed E-state index contributed by atoms with van der Waals surface area (Å²) in [7, 11) is 1.43. The highest BCUT2D eigenvalue weighted by atomic mass is 16.7. The Morgan fingerprint density at radius 1 is 0.966 bits per heavy atom. The van der Waals surface area contributed by atoms with Gasteiger partial charge in [0.05, 0.1) is 79.3 Å². The minimum Gasteiger partial charge on any atom is -0.507 e. The number of nitrogens with zero attached hydrogens (tertiary/aromatic N) is 2. The smallest absolute Gasteiger partial charge is 0.312 e. The number of methoxy groups -OCH3 is 1. The van der Waals surface area contributed by atoms with Crippen molar-refractivity contribution in [2.45, 2.75) is 85.6 Å². The topological polar surface area (TPSA) is 226 Å². The number of carbonyl (C=O) groups is 3. The number of amides is 1. The molecular weight excluding hydrogens is 754 g/mol. The van der Waals surface area contributed by atoms with Crippen LogP contribution in [-0.4, -0.2) is 118 Å². The molecular formula is C42H55N3O13. The number of rotatable bonds is 4. The van der Waals surface area contributed by atoms with Crippen molar-refractivity contribution in [1.29, 1.82) is 0 Å². The van der Waals surface area contributed by atoms with Crippen molar-refractivity contribution in [1.82, 2.24) is 5.01 Å². The first-order chi connectivity index (χ1) is 27.3. The van der Waals surface area contributed by atoms with Gasteiger partial charge in [-0.1, -0.05) is 45.9 Å². The van der Waals surface area contributed by atoms with E-state index in [1.807, 2.05) is 0 Å². The molecule has 16 heteroatoms. The Morgan fingerprint density at radius 2 is 1.64 bits per heavy atom. The van der Waals surface area contributed by atoms with E-state index in [-0.39, 0.29) is 44.5 Å². The van der Waals surface area contributed by atoms with E-state index < -0.39 is 88.8 Å². The highest BCUT2D eigenvalue weighted by Gasteiger charge is 2.50. The van der Waals surface area contributed by atoms with Gasteiger partial charge < -0.3 is 54.5 Å². The number of phenolic OH excluding ortho intramolecular Hbond substituents is 3. The molecule has 6 rings (SSSR count). The Labute approximate surface area is 337 Å². The summed E-state index contributed by atoms with van der Waals surface area (Å²) in [6, 6.07) is 0. The van der Waals surface area contributed by atoms with E-state index in [9.17, 15) is 39.9 Å². The number of fused-ring (bicyclic) bond motifs is 14. The Morgan fingerprint density at radius 3 is 2.28 bits per heavy atom. The number of anilines is 1. The van der Waals surface area contributed by atoms with Gasteiger partial charge in [0.1, 0.15) is 23.4 Å². The molecule has 0 radical (unpaired) electrons. The first kappa shape index (κ1) is 44.0. The lowest BCUT2D eigenvalue weighted by Gasteiger charge is -2.38. The summed E-state index contributed by atoms with van der Waals surface area (Å²) in [5.41, 5.74) is -0.426. The molecule has 58 heavy (non-hydrogen) atoms. The normalized spacial score (nSPS) is 32.1. The second-order valence-electron chi connectivity index (χ2n) is 15.4. The Hall–Kier alpha value is -5.16. The third kappa shape index (κ3) is 8.51. The zero-order chi connectivity index (χ0) is 42.8. The maximum atomic E-state index is 14.4. The van der Waals surface area contributed by atoms with Gasteiger partial charge in [0.2, 0.25) is 0 Å². The lowest BCUT2D eigenvalue weighted by Crippen LogP contribution is -2.46. The average Bonchev–Trinajstić information content (AvgIpc) is 3.46. The number of ether oxygens (including phenoxy) is 5. The van der Waals surface area contributed by atoms with Crippen molar-refractivity contribution in [2.75, 3.05) is 38.7 Å². The fourth-order valence-corrected chi connectivity index (χ4v) is 7.68. The molecule has 4 heterocycles. The van der Waals surface area contributed by atoms with Crippen LogP contribution in [0.4, 0.5) is 5.69 Å². The maximum Gasteiger partial charge on any atom is 0.312 e. The molecule has 0 unspecified atom stereocenters. The van der Waals surface area contributed by atoms with E-state index in [4.69, 9.17) is 23.7 Å². The highest BCUT2D eigenvalue weighted by Crippen LogP contribution is 2.55. The van der Waals surface area contributed by atoms with E-state index in [1.54, 1.807) is 44.9 Å². The van der Waals surface area contributed by atoms with Crippen LogP contribution in [0.3, 0.4) is 0 Å². The number of morpholine rings is 1. The number of allylic oxidation sites excluding steroid dienone is 2. The van der Waals surface area contributed by atoms with Crippen LogP contribution in [0, 0.1) is 30.6 Å². The van der Waals surface area contributed by atoms with Crippen LogP contribution < -0.4 is 10.1 Å². The molecule has 2 aromatic carbocycles. The summed E-state index contributed by atoms with van der Waals surface area (Å²) < 4.78 is 29.0. The number of hydrogen-bond acceptors (Lipinski definition) is 15. The van der Waals surface area contributed by atoms with E-state index >= 15 is 0 Å². The molecule has 9 atom stereocenters. The summed E-state index contributed by atoms with van der Waals surface area (Å²) in [6.07, 6.45) is 4.76. The zero-order valence-corrected chi connectivity index (χ0v) is 34.3. The molecule has 16 nitrogen and oxygen atoms in total. The van der Waals surface area contributed by atoms with Gasteiger partial charge in [0.25, 0.3) is 11.7 Å². The largest absolute Gasteiger partial charge is 0.507 e. The monoisotopic (exact) mass is 809 g/mol. The van der Waals surface area contributed by atoms with Gasteiger partial charge >= 0.3 is 11.8 Å². The Bertz CT molecular complexity index is 2040. The number of ketones is 1. The van der Waals surface area contributed by atoms with E-state index in [0.29, 0.717) is 26.3 Å². The summed E-state index contributed by atoms with van der Waals surface area (Å²) >= 11 is 0. The molecule has 6 N–H and O–H groups in total. The van der Waals surface area contributed by atoms with Crippen LogP contribution in [-0.2, 0) is 28.5 Å². The summed E-state index contributed by atoms with van der Waals surface area (Å²) in [4.78, 5) is 40.4. The van der Waals surface area contributed by atoms with Crippen LogP contribution in [0.5, 0.6) is 23.0 Å². The summed E-state index contributed by atoms with van der Waals surface area (Å²) in [5, 5.41) is 66.4. The molecule has 1 amide bonds. The van der Waals surface area contributed by atoms with E-state index in [1.165, 1.54) is 59.4 Å². The molecule has 0 spiro atoms. The Balaban J connectivity index is 1.71. The summed E-state index contributed by atoms with van der Waals surface area (Å²) in [6.45, 7) is 14.1. The minimum absolute atomic E-state index is 0.0475. The molecule has 1 fully saturated rings. The highest BCUT2D eigenvalue weighted by molar-refractivity contribution is 6.23. The predicted octanol–water partition coefficient (Wildman–Crippen LogP) is 4.42.